The van der Waals surface area contributed by atoms with Gasteiger partial charge in [0.2, 0.25) is 10.0 Å². The standard InChI is InChI=1S/C9H13BrN2O2S2/c10-7-3-8(15-4-7)16(13,14)12-6-9(5-11)1-2-9/h3-4,12H,1-2,5-6,11H2. The molecule has 90 valence electrons. The molecule has 0 radical (unpaired) electrons. The van der Waals surface area contributed by atoms with Crippen LogP contribution in [-0.4, -0.2) is 21.5 Å². The van der Waals surface area contributed by atoms with Gasteiger partial charge in [-0.25, -0.2) is 13.1 Å². The smallest absolute Gasteiger partial charge is 0.250 e. The molecule has 7 heteroatoms. The van der Waals surface area contributed by atoms with Crippen molar-refractivity contribution in [2.24, 2.45) is 11.1 Å². The summed E-state index contributed by atoms with van der Waals surface area (Å²) in [6.07, 6.45) is 2.03. The van der Waals surface area contributed by atoms with Crippen LogP contribution in [0.25, 0.3) is 0 Å². The van der Waals surface area contributed by atoms with Crippen LogP contribution in [0, 0.1) is 5.41 Å². The van der Waals surface area contributed by atoms with E-state index in [-0.39, 0.29) is 5.41 Å². The van der Waals surface area contributed by atoms with Gasteiger partial charge >= 0.3 is 0 Å². The number of nitrogens with two attached hydrogens (primary N) is 1. The minimum absolute atomic E-state index is 0.0154. The lowest BCUT2D eigenvalue weighted by molar-refractivity contribution is 0.501. The fourth-order valence-electron chi connectivity index (χ4n) is 1.38. The molecule has 1 heterocycles. The van der Waals surface area contributed by atoms with E-state index in [4.69, 9.17) is 5.73 Å². The Morgan fingerprint density at radius 1 is 1.56 bits per heavy atom. The summed E-state index contributed by atoms with van der Waals surface area (Å²) in [4.78, 5) is 0. The Balaban J connectivity index is 2.04. The van der Waals surface area contributed by atoms with Gasteiger partial charge in [0.15, 0.2) is 0 Å². The molecule has 0 spiro atoms. The lowest BCUT2D eigenvalue weighted by Gasteiger charge is -2.12. The van der Waals surface area contributed by atoms with Gasteiger partial charge in [-0.15, -0.1) is 11.3 Å². The highest BCUT2D eigenvalue weighted by Gasteiger charge is 2.41. The molecule has 0 aliphatic heterocycles. The summed E-state index contributed by atoms with van der Waals surface area (Å²) in [5.74, 6) is 0. The highest BCUT2D eigenvalue weighted by Crippen LogP contribution is 2.44. The summed E-state index contributed by atoms with van der Waals surface area (Å²) in [6.45, 7) is 0.991. The van der Waals surface area contributed by atoms with Crippen LogP contribution < -0.4 is 10.5 Å². The minimum Gasteiger partial charge on any atom is -0.330 e. The number of hydrogen-bond acceptors (Lipinski definition) is 4. The predicted octanol–water partition coefficient (Wildman–Crippen LogP) is 1.53. The summed E-state index contributed by atoms with van der Waals surface area (Å²) in [5, 5.41) is 1.75. The number of nitrogens with one attached hydrogen (secondary N) is 1. The van der Waals surface area contributed by atoms with Crippen LogP contribution in [0.15, 0.2) is 20.1 Å². The summed E-state index contributed by atoms with van der Waals surface area (Å²) >= 11 is 4.45. The van der Waals surface area contributed by atoms with Crippen LogP contribution in [0.5, 0.6) is 0 Å². The molecule has 4 nitrogen and oxygen atoms in total. The van der Waals surface area contributed by atoms with Gasteiger partial charge in [0.1, 0.15) is 4.21 Å². The zero-order chi connectivity index (χ0) is 11.8. The first-order valence-corrected chi connectivity index (χ1v) is 8.07. The number of sulfonamides is 1. The van der Waals surface area contributed by atoms with Crippen LogP contribution in [0.2, 0.25) is 0 Å². The van der Waals surface area contributed by atoms with Crippen molar-refractivity contribution in [1.29, 1.82) is 0 Å². The van der Waals surface area contributed by atoms with Crippen LogP contribution >= 0.6 is 27.3 Å². The molecule has 16 heavy (non-hydrogen) atoms. The van der Waals surface area contributed by atoms with E-state index in [2.05, 4.69) is 20.7 Å². The van der Waals surface area contributed by atoms with Gasteiger partial charge in [0, 0.05) is 16.4 Å². The first kappa shape index (κ1) is 12.5. The molecule has 1 aliphatic rings. The number of hydrogen-bond donors (Lipinski definition) is 2. The maximum atomic E-state index is 11.9. The maximum Gasteiger partial charge on any atom is 0.250 e. The zero-order valence-corrected chi connectivity index (χ0v) is 11.8. The van der Waals surface area contributed by atoms with Crippen molar-refractivity contribution in [1.82, 2.24) is 4.72 Å². The van der Waals surface area contributed by atoms with Crippen molar-refractivity contribution in [3.8, 4) is 0 Å². The summed E-state index contributed by atoms with van der Waals surface area (Å²) < 4.78 is 27.5. The molecule has 0 aromatic carbocycles. The largest absolute Gasteiger partial charge is 0.330 e. The van der Waals surface area contributed by atoms with Crippen LogP contribution in [0.3, 0.4) is 0 Å². The van der Waals surface area contributed by atoms with Gasteiger partial charge in [0.25, 0.3) is 0 Å². The topological polar surface area (TPSA) is 72.2 Å². The van der Waals surface area contributed by atoms with E-state index in [0.29, 0.717) is 17.3 Å². The molecular weight excluding hydrogens is 312 g/mol. The van der Waals surface area contributed by atoms with E-state index in [0.717, 1.165) is 17.3 Å². The van der Waals surface area contributed by atoms with Crippen LogP contribution in [0.4, 0.5) is 0 Å². The molecule has 1 fully saturated rings. The molecule has 0 unspecified atom stereocenters. The Bertz CT molecular complexity index is 479. The van der Waals surface area contributed by atoms with E-state index in [1.807, 2.05) is 0 Å². The highest BCUT2D eigenvalue weighted by molar-refractivity contribution is 9.10. The second-order valence-corrected chi connectivity index (χ2v) is 7.93. The van der Waals surface area contributed by atoms with Crippen molar-refractivity contribution in [2.75, 3.05) is 13.1 Å². The third kappa shape index (κ3) is 2.65. The highest BCUT2D eigenvalue weighted by atomic mass is 79.9. The Kier molecular flexibility index (Phi) is 3.42. The minimum atomic E-state index is -3.36. The molecule has 0 atom stereocenters. The second kappa shape index (κ2) is 4.38. The Morgan fingerprint density at radius 2 is 2.25 bits per heavy atom. The molecule has 1 aromatic heterocycles. The SMILES string of the molecule is NCC1(CNS(=O)(=O)c2cc(Br)cs2)CC1. The van der Waals surface area contributed by atoms with E-state index < -0.39 is 10.0 Å². The normalized spacial score (nSPS) is 18.6. The van der Waals surface area contributed by atoms with Crippen molar-refractivity contribution >= 4 is 37.3 Å². The van der Waals surface area contributed by atoms with Gasteiger partial charge in [0.05, 0.1) is 0 Å². The maximum absolute atomic E-state index is 11.9. The van der Waals surface area contributed by atoms with Gasteiger partial charge < -0.3 is 5.73 Å². The Hall–Kier alpha value is 0.0500. The fraction of sp³-hybridized carbons (Fsp3) is 0.556. The van der Waals surface area contributed by atoms with E-state index in [9.17, 15) is 8.42 Å². The molecule has 1 aliphatic carbocycles. The fourth-order valence-corrected chi connectivity index (χ4v) is 4.44. The molecule has 0 saturated heterocycles. The van der Waals surface area contributed by atoms with Crippen LogP contribution in [0.1, 0.15) is 12.8 Å². The quantitative estimate of drug-likeness (QED) is 0.862. The summed E-state index contributed by atoms with van der Waals surface area (Å²) in [6, 6.07) is 1.61. The van der Waals surface area contributed by atoms with Crippen LogP contribution in [-0.2, 0) is 10.0 Å². The molecule has 1 aromatic rings. The van der Waals surface area contributed by atoms with Crippen molar-refractivity contribution < 1.29 is 8.42 Å². The van der Waals surface area contributed by atoms with Crippen molar-refractivity contribution in [3.63, 3.8) is 0 Å². The lowest BCUT2D eigenvalue weighted by atomic mass is 10.1. The average molecular weight is 325 g/mol. The summed E-state index contributed by atoms with van der Waals surface area (Å²) in [5.41, 5.74) is 5.62. The van der Waals surface area contributed by atoms with E-state index in [1.165, 1.54) is 11.3 Å². The molecule has 0 amide bonds. The Morgan fingerprint density at radius 3 is 2.69 bits per heavy atom. The summed E-state index contributed by atoms with van der Waals surface area (Å²) in [7, 11) is -3.36. The third-order valence-electron chi connectivity index (χ3n) is 2.84. The predicted molar refractivity (Wildman–Crippen MR) is 67.9 cm³/mol. The van der Waals surface area contributed by atoms with Gasteiger partial charge in [-0.2, -0.15) is 0 Å². The monoisotopic (exact) mass is 324 g/mol. The van der Waals surface area contributed by atoms with Gasteiger partial charge in [-0.3, -0.25) is 0 Å². The zero-order valence-electron chi connectivity index (χ0n) is 8.57. The number of thiophene rings is 1. The third-order valence-corrected chi connectivity index (χ3v) is 6.44. The number of halogens is 1. The van der Waals surface area contributed by atoms with E-state index >= 15 is 0 Å². The van der Waals surface area contributed by atoms with Gasteiger partial charge in [-0.05, 0) is 46.8 Å². The second-order valence-electron chi connectivity index (χ2n) is 4.11. The number of rotatable bonds is 5. The lowest BCUT2D eigenvalue weighted by Crippen LogP contribution is -2.33. The molecular formula is C9H13BrN2O2S2. The average Bonchev–Trinajstić information content (AvgIpc) is 2.91. The van der Waals surface area contributed by atoms with Gasteiger partial charge in [-0.1, -0.05) is 0 Å². The Labute approximate surface area is 107 Å². The van der Waals surface area contributed by atoms with Crippen molar-refractivity contribution in [3.05, 3.63) is 15.9 Å². The van der Waals surface area contributed by atoms with Crippen molar-refractivity contribution in [2.45, 2.75) is 17.1 Å². The molecule has 1 saturated carbocycles. The first-order valence-electron chi connectivity index (χ1n) is 4.91. The first-order chi connectivity index (χ1) is 7.47. The van der Waals surface area contributed by atoms with E-state index in [1.54, 1.807) is 11.4 Å². The molecule has 2 rings (SSSR count). The molecule has 3 N–H and O–H groups in total. The molecule has 0 bridgehead atoms.